The van der Waals surface area contributed by atoms with E-state index in [1.54, 1.807) is 30.3 Å². The Balaban J connectivity index is 1.52. The van der Waals surface area contributed by atoms with Gasteiger partial charge < -0.3 is 20.1 Å². The monoisotopic (exact) mass is 459 g/mol. The van der Waals surface area contributed by atoms with Gasteiger partial charge in [0.25, 0.3) is 0 Å². The van der Waals surface area contributed by atoms with Crippen LogP contribution in [-0.4, -0.2) is 61.2 Å². The minimum atomic E-state index is -0.997. The zero-order valence-corrected chi connectivity index (χ0v) is 19.1. The molecule has 1 saturated heterocycles. The van der Waals surface area contributed by atoms with Crippen molar-refractivity contribution in [2.24, 2.45) is 0 Å². The molecule has 0 saturated carbocycles. The third-order valence-electron chi connectivity index (χ3n) is 5.47. The first kappa shape index (κ1) is 23.9. The first-order chi connectivity index (χ1) is 15.5. The quantitative estimate of drug-likeness (QED) is 0.549. The molecule has 2 aromatic carbocycles. The van der Waals surface area contributed by atoms with E-state index in [-0.39, 0.29) is 11.5 Å². The Morgan fingerprint density at radius 2 is 1.81 bits per heavy atom. The lowest BCUT2D eigenvalue weighted by atomic mass is 10.1. The van der Waals surface area contributed by atoms with E-state index < -0.39 is 5.97 Å². The van der Waals surface area contributed by atoms with Gasteiger partial charge in [0.2, 0.25) is 5.91 Å². The van der Waals surface area contributed by atoms with Gasteiger partial charge in [-0.3, -0.25) is 9.69 Å². The fourth-order valence-corrected chi connectivity index (χ4v) is 3.78. The second kappa shape index (κ2) is 11.7. The number of nitrogens with one attached hydrogen (secondary N) is 1. The summed E-state index contributed by atoms with van der Waals surface area (Å²) in [6, 6.07) is 12.4. The third-order valence-corrected chi connectivity index (χ3v) is 5.72. The molecule has 8 heteroatoms. The summed E-state index contributed by atoms with van der Waals surface area (Å²) in [5.41, 5.74) is 1.41. The van der Waals surface area contributed by atoms with Gasteiger partial charge in [0, 0.05) is 49.9 Å². The molecule has 1 aliphatic heterocycles. The maximum Gasteiger partial charge on any atom is 0.337 e. The lowest BCUT2D eigenvalue weighted by Crippen LogP contribution is -2.47. The Morgan fingerprint density at radius 1 is 1.09 bits per heavy atom. The number of amides is 1. The second-order valence-corrected chi connectivity index (χ2v) is 8.26. The highest BCUT2D eigenvalue weighted by atomic mass is 35.5. The highest BCUT2D eigenvalue weighted by Gasteiger charge is 2.22. The predicted octanol–water partition coefficient (Wildman–Crippen LogP) is 4.37. The van der Waals surface area contributed by atoms with Crippen LogP contribution in [-0.2, 0) is 4.79 Å². The van der Waals surface area contributed by atoms with Gasteiger partial charge >= 0.3 is 5.97 Å². The Kier molecular flexibility index (Phi) is 8.76. The molecule has 172 valence electrons. The molecule has 0 spiro atoms. The van der Waals surface area contributed by atoms with Gasteiger partial charge in [-0.05, 0) is 48.9 Å². The molecule has 1 amide bonds. The molecule has 1 heterocycles. The zero-order chi connectivity index (χ0) is 22.9. The van der Waals surface area contributed by atoms with E-state index in [2.05, 4.69) is 15.1 Å². The van der Waals surface area contributed by atoms with Gasteiger partial charge in [-0.2, -0.15) is 0 Å². The predicted molar refractivity (Wildman–Crippen MR) is 127 cm³/mol. The summed E-state index contributed by atoms with van der Waals surface area (Å²) in [6.45, 7) is 6.49. The van der Waals surface area contributed by atoms with E-state index in [1.807, 2.05) is 19.1 Å². The summed E-state index contributed by atoms with van der Waals surface area (Å²) >= 11 is 5.89. The number of unbranched alkanes of at least 4 members (excludes halogenated alkanes) is 1. The number of carbonyl (C=O) groups is 2. The smallest absolute Gasteiger partial charge is 0.337 e. The molecule has 1 fully saturated rings. The number of halogens is 1. The average Bonchev–Trinajstić information content (AvgIpc) is 2.79. The van der Waals surface area contributed by atoms with Crippen molar-refractivity contribution in [2.75, 3.05) is 49.5 Å². The van der Waals surface area contributed by atoms with Crippen LogP contribution in [0.2, 0.25) is 5.02 Å². The number of hydrogen-bond acceptors (Lipinski definition) is 5. The van der Waals surface area contributed by atoms with Crippen molar-refractivity contribution < 1.29 is 19.4 Å². The molecule has 0 aliphatic carbocycles. The number of aromatic carboxylic acids is 1. The molecule has 0 unspecified atom stereocenters. The van der Waals surface area contributed by atoms with Gasteiger partial charge in [-0.25, -0.2) is 4.79 Å². The molecule has 7 nitrogen and oxygen atoms in total. The average molecular weight is 460 g/mol. The van der Waals surface area contributed by atoms with Crippen LogP contribution in [0.15, 0.2) is 42.5 Å². The molecule has 3 rings (SSSR count). The lowest BCUT2D eigenvalue weighted by molar-refractivity contribution is -0.116. The van der Waals surface area contributed by atoms with Crippen LogP contribution in [0.3, 0.4) is 0 Å². The van der Waals surface area contributed by atoms with Crippen molar-refractivity contribution in [3.8, 4) is 5.75 Å². The van der Waals surface area contributed by atoms with Crippen molar-refractivity contribution in [3.63, 3.8) is 0 Å². The van der Waals surface area contributed by atoms with Crippen LogP contribution in [0.4, 0.5) is 11.4 Å². The highest BCUT2D eigenvalue weighted by molar-refractivity contribution is 6.30. The minimum absolute atomic E-state index is 0.0922. The number of piperazine rings is 1. The van der Waals surface area contributed by atoms with Gasteiger partial charge in [-0.1, -0.05) is 24.9 Å². The van der Waals surface area contributed by atoms with Crippen LogP contribution in [0.5, 0.6) is 5.75 Å². The fourth-order valence-electron chi connectivity index (χ4n) is 3.66. The summed E-state index contributed by atoms with van der Waals surface area (Å²) in [5, 5.41) is 13.2. The van der Waals surface area contributed by atoms with Crippen molar-refractivity contribution in [1.29, 1.82) is 0 Å². The molecule has 1 aliphatic rings. The Hall–Kier alpha value is -2.77. The summed E-state index contributed by atoms with van der Waals surface area (Å²) < 4.78 is 5.77. The number of carboxylic acid groups (broad SMARTS) is 1. The fraction of sp³-hybridized carbons (Fsp3) is 0.417. The Bertz CT molecular complexity index is 912. The van der Waals surface area contributed by atoms with E-state index >= 15 is 0 Å². The standard InChI is InChI=1S/C24H30ClN3O4/c1-2-3-4-23(29)26-19-7-10-22(21(17-19)24(30)31)28-13-11-27(12-14-28)15-16-32-20-8-5-18(25)6-9-20/h5-10,17H,2-4,11-16H2,1H3,(H,26,29)(H,30,31). The molecule has 32 heavy (non-hydrogen) atoms. The summed E-state index contributed by atoms with van der Waals surface area (Å²) in [7, 11) is 0. The van der Waals surface area contributed by atoms with E-state index in [4.69, 9.17) is 16.3 Å². The van der Waals surface area contributed by atoms with Gasteiger partial charge in [-0.15, -0.1) is 0 Å². The van der Waals surface area contributed by atoms with Crippen molar-refractivity contribution in [1.82, 2.24) is 4.90 Å². The molecule has 2 aromatic rings. The maximum atomic E-state index is 12.0. The third kappa shape index (κ3) is 6.87. The SMILES string of the molecule is CCCCC(=O)Nc1ccc(N2CCN(CCOc3ccc(Cl)cc3)CC2)c(C(=O)O)c1. The van der Waals surface area contributed by atoms with E-state index in [0.29, 0.717) is 29.4 Å². The molecule has 0 radical (unpaired) electrons. The van der Waals surface area contributed by atoms with Gasteiger partial charge in [0.15, 0.2) is 0 Å². The topological polar surface area (TPSA) is 82.1 Å². The molecule has 0 atom stereocenters. The first-order valence-corrected chi connectivity index (χ1v) is 11.4. The van der Waals surface area contributed by atoms with Crippen molar-refractivity contribution >= 4 is 34.9 Å². The van der Waals surface area contributed by atoms with Crippen LogP contribution in [0.25, 0.3) is 0 Å². The number of hydrogen-bond donors (Lipinski definition) is 2. The zero-order valence-electron chi connectivity index (χ0n) is 18.3. The van der Waals surface area contributed by atoms with Crippen molar-refractivity contribution in [3.05, 3.63) is 53.1 Å². The molecule has 0 bridgehead atoms. The molecule has 2 N–H and O–H groups in total. The largest absolute Gasteiger partial charge is 0.492 e. The Labute approximate surface area is 193 Å². The summed E-state index contributed by atoms with van der Waals surface area (Å²) in [4.78, 5) is 28.2. The number of ether oxygens (including phenoxy) is 1. The van der Waals surface area contributed by atoms with Gasteiger partial charge in [0.05, 0.1) is 11.3 Å². The minimum Gasteiger partial charge on any atom is -0.492 e. The molecule has 0 aromatic heterocycles. The van der Waals surface area contributed by atoms with E-state index in [1.165, 1.54) is 0 Å². The first-order valence-electron chi connectivity index (χ1n) is 11.0. The summed E-state index contributed by atoms with van der Waals surface area (Å²) in [5.74, 6) is -0.296. The number of nitrogens with zero attached hydrogens (tertiary/aromatic N) is 2. The van der Waals surface area contributed by atoms with E-state index in [9.17, 15) is 14.7 Å². The Morgan fingerprint density at radius 3 is 2.47 bits per heavy atom. The number of carboxylic acids is 1. The van der Waals surface area contributed by atoms with E-state index in [0.717, 1.165) is 51.3 Å². The van der Waals surface area contributed by atoms with Gasteiger partial charge in [0.1, 0.15) is 12.4 Å². The molecular weight excluding hydrogens is 430 g/mol. The van der Waals surface area contributed by atoms with Crippen molar-refractivity contribution in [2.45, 2.75) is 26.2 Å². The number of rotatable bonds is 10. The summed E-state index contributed by atoms with van der Waals surface area (Å²) in [6.07, 6.45) is 2.18. The van der Waals surface area contributed by atoms with Crippen LogP contribution in [0.1, 0.15) is 36.5 Å². The van der Waals surface area contributed by atoms with Crippen LogP contribution < -0.4 is 15.0 Å². The van der Waals surface area contributed by atoms with Crippen LogP contribution in [0, 0.1) is 0 Å². The highest BCUT2D eigenvalue weighted by Crippen LogP contribution is 2.26. The number of anilines is 2. The van der Waals surface area contributed by atoms with Crippen LogP contribution >= 0.6 is 11.6 Å². The number of benzene rings is 2. The normalized spacial score (nSPS) is 14.2. The lowest BCUT2D eigenvalue weighted by Gasteiger charge is -2.36. The molecular formula is C24H30ClN3O4. The second-order valence-electron chi connectivity index (χ2n) is 7.82. The number of carbonyl (C=O) groups excluding carboxylic acids is 1. The maximum absolute atomic E-state index is 12.0.